The SMILES string of the molecule is C1C[C@@H]2CO[C@@H]2N1. The van der Waals surface area contributed by atoms with E-state index < -0.39 is 0 Å². The Kier molecular flexibility index (Phi) is 0.664. The zero-order valence-corrected chi connectivity index (χ0v) is 4.18. The molecule has 0 amide bonds. The number of nitrogens with one attached hydrogen (secondary N) is 1. The molecular formula is C5H9NO. The zero-order valence-electron chi connectivity index (χ0n) is 4.18. The van der Waals surface area contributed by atoms with Crippen molar-refractivity contribution in [2.45, 2.75) is 12.6 Å². The standard InChI is InChI=1S/C5H9NO/c1-2-6-5-4(1)3-7-5/h4-6H,1-3H2/t4-,5+/m1/s1. The second kappa shape index (κ2) is 1.20. The van der Waals surface area contributed by atoms with Gasteiger partial charge in [-0.1, -0.05) is 0 Å². The molecule has 7 heavy (non-hydrogen) atoms. The van der Waals surface area contributed by atoms with Gasteiger partial charge in [0.15, 0.2) is 0 Å². The first-order valence-corrected chi connectivity index (χ1v) is 2.82. The van der Waals surface area contributed by atoms with E-state index in [9.17, 15) is 0 Å². The van der Waals surface area contributed by atoms with Crippen molar-refractivity contribution in [3.05, 3.63) is 0 Å². The summed E-state index contributed by atoms with van der Waals surface area (Å²) in [6.45, 7) is 2.16. The van der Waals surface area contributed by atoms with Crippen molar-refractivity contribution >= 4 is 0 Å². The summed E-state index contributed by atoms with van der Waals surface area (Å²) >= 11 is 0. The highest BCUT2D eigenvalue weighted by Crippen LogP contribution is 2.25. The van der Waals surface area contributed by atoms with Gasteiger partial charge in [-0.25, -0.2) is 0 Å². The van der Waals surface area contributed by atoms with Crippen LogP contribution in [0.4, 0.5) is 0 Å². The summed E-state index contributed by atoms with van der Waals surface area (Å²) in [5, 5.41) is 3.23. The number of hydrogen-bond acceptors (Lipinski definition) is 2. The van der Waals surface area contributed by atoms with Crippen LogP contribution in [-0.4, -0.2) is 19.4 Å². The molecule has 0 bridgehead atoms. The molecule has 1 N–H and O–H groups in total. The average molecular weight is 99.1 g/mol. The molecule has 2 aliphatic heterocycles. The Morgan fingerprint density at radius 3 is 2.86 bits per heavy atom. The fourth-order valence-electron chi connectivity index (χ4n) is 1.20. The van der Waals surface area contributed by atoms with Crippen molar-refractivity contribution in [1.82, 2.24) is 5.32 Å². The monoisotopic (exact) mass is 99.1 g/mol. The molecule has 2 saturated heterocycles. The van der Waals surface area contributed by atoms with Crippen LogP contribution < -0.4 is 5.32 Å². The van der Waals surface area contributed by atoms with Gasteiger partial charge in [-0.05, 0) is 13.0 Å². The van der Waals surface area contributed by atoms with E-state index >= 15 is 0 Å². The largest absolute Gasteiger partial charge is 0.363 e. The molecule has 0 aromatic carbocycles. The van der Waals surface area contributed by atoms with Crippen LogP contribution in [-0.2, 0) is 4.74 Å². The van der Waals surface area contributed by atoms with E-state index in [1.165, 1.54) is 6.42 Å². The van der Waals surface area contributed by atoms with Crippen molar-refractivity contribution in [2.75, 3.05) is 13.2 Å². The van der Waals surface area contributed by atoms with Crippen molar-refractivity contribution in [2.24, 2.45) is 5.92 Å². The lowest BCUT2D eigenvalue weighted by molar-refractivity contribution is -0.106. The van der Waals surface area contributed by atoms with Crippen LogP contribution in [0.5, 0.6) is 0 Å². The Bertz CT molecular complexity index is 74.1. The Labute approximate surface area is 42.9 Å². The fraction of sp³-hybridized carbons (Fsp3) is 1.00. The minimum atomic E-state index is 0.444. The molecule has 0 radical (unpaired) electrons. The van der Waals surface area contributed by atoms with Gasteiger partial charge in [-0.2, -0.15) is 0 Å². The number of fused-ring (bicyclic) bond motifs is 1. The molecule has 40 valence electrons. The molecule has 0 aromatic heterocycles. The molecule has 0 saturated carbocycles. The van der Waals surface area contributed by atoms with E-state index in [1.807, 2.05) is 0 Å². The van der Waals surface area contributed by atoms with Gasteiger partial charge in [0.05, 0.1) is 6.61 Å². The Morgan fingerprint density at radius 1 is 1.57 bits per heavy atom. The van der Waals surface area contributed by atoms with E-state index in [0.29, 0.717) is 6.23 Å². The van der Waals surface area contributed by atoms with Crippen LogP contribution in [0.2, 0.25) is 0 Å². The summed E-state index contributed by atoms with van der Waals surface area (Å²) < 4.78 is 5.14. The van der Waals surface area contributed by atoms with Crippen LogP contribution in [0.15, 0.2) is 0 Å². The molecule has 2 rings (SSSR count). The third kappa shape index (κ3) is 0.409. The first-order valence-electron chi connectivity index (χ1n) is 2.82. The number of ether oxygens (including phenoxy) is 1. The second-order valence-corrected chi connectivity index (χ2v) is 2.26. The highest BCUT2D eigenvalue weighted by molar-refractivity contribution is 4.83. The van der Waals surface area contributed by atoms with E-state index in [2.05, 4.69) is 5.32 Å². The summed E-state index contributed by atoms with van der Waals surface area (Å²) in [6, 6.07) is 0. The maximum Gasteiger partial charge on any atom is 0.113 e. The second-order valence-electron chi connectivity index (χ2n) is 2.26. The molecule has 2 heteroatoms. The molecule has 2 fully saturated rings. The highest BCUT2D eigenvalue weighted by atomic mass is 16.5. The lowest BCUT2D eigenvalue weighted by atomic mass is 10.1. The van der Waals surface area contributed by atoms with Crippen molar-refractivity contribution < 1.29 is 4.74 Å². The average Bonchev–Trinajstić information content (AvgIpc) is 1.85. The van der Waals surface area contributed by atoms with Crippen molar-refractivity contribution in [3.8, 4) is 0 Å². The summed E-state index contributed by atoms with van der Waals surface area (Å²) in [5.74, 6) is 0.861. The van der Waals surface area contributed by atoms with Crippen LogP contribution in [0.3, 0.4) is 0 Å². The molecule has 2 nitrogen and oxygen atoms in total. The summed E-state index contributed by atoms with van der Waals surface area (Å²) in [6.07, 6.45) is 1.77. The van der Waals surface area contributed by atoms with Crippen molar-refractivity contribution in [3.63, 3.8) is 0 Å². The van der Waals surface area contributed by atoms with E-state index in [-0.39, 0.29) is 0 Å². The maximum atomic E-state index is 5.14. The predicted octanol–water partition coefficient (Wildman–Crippen LogP) is -0.0478. The molecule has 0 aromatic rings. The summed E-state index contributed by atoms with van der Waals surface area (Å²) in [4.78, 5) is 0. The minimum absolute atomic E-state index is 0.444. The summed E-state index contributed by atoms with van der Waals surface area (Å²) in [7, 11) is 0. The Morgan fingerprint density at radius 2 is 2.57 bits per heavy atom. The first kappa shape index (κ1) is 3.87. The van der Waals surface area contributed by atoms with Crippen LogP contribution in [0.1, 0.15) is 6.42 Å². The molecule has 0 aliphatic carbocycles. The van der Waals surface area contributed by atoms with Gasteiger partial charge in [0, 0.05) is 5.92 Å². The molecule has 2 aliphatic rings. The number of rotatable bonds is 0. The first-order chi connectivity index (χ1) is 3.47. The van der Waals surface area contributed by atoms with Crippen LogP contribution >= 0.6 is 0 Å². The van der Waals surface area contributed by atoms with Gasteiger partial charge >= 0.3 is 0 Å². The van der Waals surface area contributed by atoms with Crippen LogP contribution in [0.25, 0.3) is 0 Å². The predicted molar refractivity (Wildman–Crippen MR) is 25.8 cm³/mol. The molecule has 0 unspecified atom stereocenters. The maximum absolute atomic E-state index is 5.14. The van der Waals surface area contributed by atoms with E-state index in [4.69, 9.17) is 4.74 Å². The Hall–Kier alpha value is -0.0800. The smallest absolute Gasteiger partial charge is 0.113 e. The summed E-state index contributed by atoms with van der Waals surface area (Å²) in [5.41, 5.74) is 0. The Balaban J connectivity index is 2.03. The lowest BCUT2D eigenvalue weighted by Gasteiger charge is -2.29. The number of hydrogen-bond donors (Lipinski definition) is 1. The van der Waals surface area contributed by atoms with Crippen molar-refractivity contribution in [1.29, 1.82) is 0 Å². The quantitative estimate of drug-likeness (QED) is 0.460. The molecule has 2 heterocycles. The van der Waals surface area contributed by atoms with Gasteiger partial charge < -0.3 is 4.74 Å². The minimum Gasteiger partial charge on any atom is -0.363 e. The third-order valence-electron chi connectivity index (χ3n) is 1.78. The van der Waals surface area contributed by atoms with Crippen LogP contribution in [0, 0.1) is 5.92 Å². The van der Waals surface area contributed by atoms with E-state index in [1.54, 1.807) is 0 Å². The van der Waals surface area contributed by atoms with E-state index in [0.717, 1.165) is 19.1 Å². The normalized spacial score (nSPS) is 48.0. The van der Waals surface area contributed by atoms with Gasteiger partial charge in [-0.3, -0.25) is 5.32 Å². The fourth-order valence-corrected chi connectivity index (χ4v) is 1.20. The lowest BCUT2D eigenvalue weighted by Crippen LogP contribution is -2.42. The molecule has 0 spiro atoms. The topological polar surface area (TPSA) is 21.3 Å². The zero-order chi connectivity index (χ0) is 4.69. The van der Waals surface area contributed by atoms with Gasteiger partial charge in [0.2, 0.25) is 0 Å². The highest BCUT2D eigenvalue weighted by Gasteiger charge is 2.35. The van der Waals surface area contributed by atoms with Gasteiger partial charge in [0.1, 0.15) is 6.23 Å². The molecular weight excluding hydrogens is 90.1 g/mol. The van der Waals surface area contributed by atoms with Gasteiger partial charge in [0.25, 0.3) is 0 Å². The third-order valence-corrected chi connectivity index (χ3v) is 1.78. The van der Waals surface area contributed by atoms with Gasteiger partial charge in [-0.15, -0.1) is 0 Å². The molecule has 2 atom stereocenters.